The molecule has 0 unspecified atom stereocenters. The molecule has 1 fully saturated rings. The highest BCUT2D eigenvalue weighted by Crippen LogP contribution is 2.24. The molecular formula is C22H27N5O3. The monoisotopic (exact) mass is 409 g/mol. The second-order valence-corrected chi connectivity index (χ2v) is 7.86. The molecule has 0 radical (unpaired) electrons. The van der Waals surface area contributed by atoms with Gasteiger partial charge in [-0.1, -0.05) is 5.16 Å². The summed E-state index contributed by atoms with van der Waals surface area (Å²) in [4.78, 5) is 23.7. The molecule has 0 aromatic carbocycles. The van der Waals surface area contributed by atoms with Crippen LogP contribution in [-0.2, 0) is 11.2 Å². The van der Waals surface area contributed by atoms with Crippen LogP contribution in [0, 0.1) is 12.8 Å². The zero-order valence-electron chi connectivity index (χ0n) is 17.4. The van der Waals surface area contributed by atoms with E-state index in [1.165, 1.54) is 0 Å². The van der Waals surface area contributed by atoms with Crippen LogP contribution < -0.4 is 10.2 Å². The second-order valence-electron chi connectivity index (χ2n) is 7.86. The van der Waals surface area contributed by atoms with E-state index in [4.69, 9.17) is 8.94 Å². The summed E-state index contributed by atoms with van der Waals surface area (Å²) in [5, 5.41) is 6.97. The van der Waals surface area contributed by atoms with Crippen LogP contribution in [0.3, 0.4) is 0 Å². The van der Waals surface area contributed by atoms with Crippen LogP contribution in [-0.4, -0.2) is 40.2 Å². The summed E-state index contributed by atoms with van der Waals surface area (Å²) in [5.74, 6) is 2.95. The topological polar surface area (TPSA) is 97.3 Å². The largest absolute Gasteiger partial charge is 0.469 e. The third-order valence-corrected chi connectivity index (χ3v) is 5.43. The van der Waals surface area contributed by atoms with Crippen LogP contribution in [0.25, 0.3) is 11.5 Å². The second kappa shape index (κ2) is 9.11. The third kappa shape index (κ3) is 4.87. The molecular weight excluding hydrogens is 382 g/mol. The lowest BCUT2D eigenvalue weighted by molar-refractivity contribution is -0.125. The van der Waals surface area contributed by atoms with Crippen molar-refractivity contribution < 1.29 is 13.7 Å². The van der Waals surface area contributed by atoms with Crippen LogP contribution in [0.2, 0.25) is 0 Å². The van der Waals surface area contributed by atoms with Crippen molar-refractivity contribution in [2.24, 2.45) is 5.92 Å². The molecule has 158 valence electrons. The molecule has 1 aliphatic heterocycles. The van der Waals surface area contributed by atoms with E-state index in [0.717, 1.165) is 49.4 Å². The molecule has 30 heavy (non-hydrogen) atoms. The number of pyridine rings is 1. The van der Waals surface area contributed by atoms with Gasteiger partial charge in [-0.05, 0) is 57.4 Å². The average Bonchev–Trinajstić information content (AvgIpc) is 3.44. The van der Waals surface area contributed by atoms with Gasteiger partial charge in [0.2, 0.25) is 5.91 Å². The normalized spacial score (nSPS) is 17.7. The molecule has 0 spiro atoms. The van der Waals surface area contributed by atoms with Gasteiger partial charge < -0.3 is 19.2 Å². The van der Waals surface area contributed by atoms with Gasteiger partial charge in [-0.2, -0.15) is 4.98 Å². The Hall–Kier alpha value is -3.16. The van der Waals surface area contributed by atoms with Crippen LogP contribution in [0.4, 0.5) is 5.82 Å². The number of furan rings is 1. The molecule has 3 aromatic rings. The number of nitrogens with one attached hydrogen (secondary N) is 1. The van der Waals surface area contributed by atoms with Crippen LogP contribution >= 0.6 is 0 Å². The summed E-state index contributed by atoms with van der Waals surface area (Å²) in [6, 6.07) is 7.83. The lowest BCUT2D eigenvalue weighted by Crippen LogP contribution is -2.45. The van der Waals surface area contributed by atoms with Gasteiger partial charge in [-0.25, -0.2) is 4.98 Å². The summed E-state index contributed by atoms with van der Waals surface area (Å²) in [7, 11) is 0. The number of aryl methyl sites for hydroxylation is 2. The Morgan fingerprint density at radius 1 is 1.37 bits per heavy atom. The number of amides is 1. The Morgan fingerprint density at radius 2 is 2.27 bits per heavy atom. The number of rotatable bonds is 7. The first kappa shape index (κ1) is 20.1. The molecule has 1 aliphatic rings. The van der Waals surface area contributed by atoms with E-state index in [0.29, 0.717) is 18.3 Å². The molecule has 0 saturated carbocycles. The highest BCUT2D eigenvalue weighted by Gasteiger charge is 2.27. The van der Waals surface area contributed by atoms with E-state index in [9.17, 15) is 4.79 Å². The molecule has 1 N–H and O–H groups in total. The molecule has 4 rings (SSSR count). The van der Waals surface area contributed by atoms with Gasteiger partial charge in [0.25, 0.3) is 5.89 Å². The number of carbonyl (C=O) groups excluding carboxylic acids is 1. The Labute approximate surface area is 175 Å². The van der Waals surface area contributed by atoms with Gasteiger partial charge in [-0.3, -0.25) is 4.79 Å². The van der Waals surface area contributed by atoms with E-state index in [2.05, 4.69) is 25.3 Å². The Bertz CT molecular complexity index is 952. The number of anilines is 1. The van der Waals surface area contributed by atoms with E-state index in [1.807, 2.05) is 31.2 Å². The van der Waals surface area contributed by atoms with Crippen molar-refractivity contribution >= 4 is 11.7 Å². The molecule has 1 saturated heterocycles. The van der Waals surface area contributed by atoms with E-state index >= 15 is 0 Å². The Morgan fingerprint density at radius 3 is 2.97 bits per heavy atom. The SMILES string of the molecule is Cc1noc(-c2ccc(N3CCC[C@H](C(=O)N[C@@H](C)CCc4ccco4)C3)nc2)n1. The van der Waals surface area contributed by atoms with E-state index < -0.39 is 0 Å². The van der Waals surface area contributed by atoms with Crippen molar-refractivity contribution in [2.45, 2.75) is 45.6 Å². The molecule has 4 heterocycles. The molecule has 0 aliphatic carbocycles. The van der Waals surface area contributed by atoms with Crippen molar-refractivity contribution in [1.29, 1.82) is 0 Å². The van der Waals surface area contributed by atoms with Crippen molar-refractivity contribution in [1.82, 2.24) is 20.4 Å². The van der Waals surface area contributed by atoms with E-state index in [1.54, 1.807) is 19.4 Å². The molecule has 3 aromatic heterocycles. The minimum Gasteiger partial charge on any atom is -0.469 e. The lowest BCUT2D eigenvalue weighted by Gasteiger charge is -2.33. The number of piperidine rings is 1. The van der Waals surface area contributed by atoms with Gasteiger partial charge in [0, 0.05) is 31.7 Å². The van der Waals surface area contributed by atoms with Gasteiger partial charge in [0.1, 0.15) is 11.6 Å². The van der Waals surface area contributed by atoms with Gasteiger partial charge >= 0.3 is 0 Å². The molecule has 2 atom stereocenters. The summed E-state index contributed by atoms with van der Waals surface area (Å²) >= 11 is 0. The first-order valence-corrected chi connectivity index (χ1v) is 10.4. The van der Waals surface area contributed by atoms with Crippen molar-refractivity contribution in [3.8, 4) is 11.5 Å². The molecule has 0 bridgehead atoms. The van der Waals surface area contributed by atoms with Crippen molar-refractivity contribution in [2.75, 3.05) is 18.0 Å². The average molecular weight is 409 g/mol. The summed E-state index contributed by atoms with van der Waals surface area (Å²) in [6.07, 6.45) is 6.95. The fourth-order valence-corrected chi connectivity index (χ4v) is 3.76. The zero-order valence-corrected chi connectivity index (χ0v) is 17.4. The smallest absolute Gasteiger partial charge is 0.259 e. The quantitative estimate of drug-likeness (QED) is 0.639. The van der Waals surface area contributed by atoms with E-state index in [-0.39, 0.29) is 17.9 Å². The highest BCUT2D eigenvalue weighted by molar-refractivity contribution is 5.79. The predicted molar refractivity (Wildman–Crippen MR) is 112 cm³/mol. The minimum absolute atomic E-state index is 0.0371. The fourth-order valence-electron chi connectivity index (χ4n) is 3.76. The van der Waals surface area contributed by atoms with Gasteiger partial charge in [0.05, 0.1) is 17.7 Å². The molecule has 8 nitrogen and oxygen atoms in total. The number of carbonyl (C=O) groups is 1. The number of hydrogen-bond donors (Lipinski definition) is 1. The van der Waals surface area contributed by atoms with Gasteiger partial charge in [-0.15, -0.1) is 0 Å². The van der Waals surface area contributed by atoms with Crippen molar-refractivity contribution in [3.05, 3.63) is 48.3 Å². The highest BCUT2D eigenvalue weighted by atomic mass is 16.5. The Balaban J connectivity index is 1.31. The zero-order chi connectivity index (χ0) is 20.9. The standard InChI is InChI=1S/C22H27N5O3/c1-15(7-9-19-6-4-12-29-19)24-21(28)18-5-3-11-27(14-18)20-10-8-17(13-23-20)22-25-16(2)26-30-22/h4,6,8,10,12-13,15,18H,3,5,7,9,11,14H2,1-2H3,(H,24,28)/t15-,18-/m0/s1. The van der Waals surface area contributed by atoms with Gasteiger partial charge in [0.15, 0.2) is 5.82 Å². The molecule has 1 amide bonds. The maximum atomic E-state index is 12.8. The number of aromatic nitrogens is 3. The minimum atomic E-state index is -0.0371. The maximum absolute atomic E-state index is 12.8. The first-order valence-electron chi connectivity index (χ1n) is 10.4. The summed E-state index contributed by atoms with van der Waals surface area (Å²) in [5.41, 5.74) is 0.788. The van der Waals surface area contributed by atoms with Crippen LogP contribution in [0.15, 0.2) is 45.7 Å². The number of nitrogens with zero attached hydrogens (tertiary/aromatic N) is 4. The Kier molecular flexibility index (Phi) is 6.11. The van der Waals surface area contributed by atoms with Crippen LogP contribution in [0.5, 0.6) is 0 Å². The first-order chi connectivity index (χ1) is 14.6. The van der Waals surface area contributed by atoms with Crippen molar-refractivity contribution in [3.63, 3.8) is 0 Å². The summed E-state index contributed by atoms with van der Waals surface area (Å²) < 4.78 is 10.6. The predicted octanol–water partition coefficient (Wildman–Crippen LogP) is 3.39. The maximum Gasteiger partial charge on any atom is 0.259 e. The number of hydrogen-bond acceptors (Lipinski definition) is 7. The molecule has 8 heteroatoms. The summed E-state index contributed by atoms with van der Waals surface area (Å²) in [6.45, 7) is 5.39. The van der Waals surface area contributed by atoms with Crippen LogP contribution in [0.1, 0.15) is 37.8 Å². The third-order valence-electron chi connectivity index (χ3n) is 5.43. The fraction of sp³-hybridized carbons (Fsp3) is 0.455. The lowest BCUT2D eigenvalue weighted by atomic mass is 9.96.